The smallest absolute Gasteiger partial charge is 0.213 e. The predicted molar refractivity (Wildman–Crippen MR) is 101 cm³/mol. The van der Waals surface area contributed by atoms with Crippen molar-refractivity contribution in [2.75, 3.05) is 0 Å². The van der Waals surface area contributed by atoms with E-state index in [0.29, 0.717) is 5.56 Å². The van der Waals surface area contributed by atoms with Crippen molar-refractivity contribution in [3.8, 4) is 11.3 Å². The lowest BCUT2D eigenvalue weighted by atomic mass is 9.97. The second-order valence-corrected chi connectivity index (χ2v) is 6.82. The van der Waals surface area contributed by atoms with Gasteiger partial charge in [0.1, 0.15) is 12.6 Å². The molecular weight excluding hydrogens is 308 g/mol. The first-order valence-electron chi connectivity index (χ1n) is 9.57. The average molecular weight is 333 g/mol. The lowest BCUT2D eigenvalue weighted by Crippen LogP contribution is -2.31. The summed E-state index contributed by atoms with van der Waals surface area (Å²) in [6, 6.07) is 9.96. The number of hydrogen-bond donors (Lipinski definition) is 0. The topological polar surface area (TPSA) is 29.9 Å². The Labute approximate surface area is 150 Å². The molecule has 3 heteroatoms. The molecule has 0 atom stereocenters. The van der Waals surface area contributed by atoms with Crippen molar-refractivity contribution < 1.29 is 11.7 Å². The van der Waals surface area contributed by atoms with Crippen molar-refractivity contribution in [1.29, 1.82) is 0 Å². The molecule has 3 nitrogen and oxygen atoms in total. The van der Waals surface area contributed by atoms with Crippen LogP contribution in [0.15, 0.2) is 53.3 Å². The maximum atomic E-state index is 8.38. The number of aryl methyl sites for hydroxylation is 2. The van der Waals surface area contributed by atoms with Crippen LogP contribution in [0.25, 0.3) is 33.2 Å². The van der Waals surface area contributed by atoms with Gasteiger partial charge in [0.15, 0.2) is 11.8 Å². The quantitative estimate of drug-likeness (QED) is 0.495. The molecule has 0 unspecified atom stereocenters. The van der Waals surface area contributed by atoms with Gasteiger partial charge in [-0.1, -0.05) is 19.9 Å². The van der Waals surface area contributed by atoms with Gasteiger partial charge in [0.25, 0.3) is 0 Å². The first-order valence-corrected chi connectivity index (χ1v) is 8.57. The lowest BCUT2D eigenvalue weighted by molar-refractivity contribution is -0.660. The number of furan rings is 1. The highest BCUT2D eigenvalue weighted by Gasteiger charge is 2.20. The molecule has 0 bridgehead atoms. The van der Waals surface area contributed by atoms with Crippen LogP contribution in [0.3, 0.4) is 0 Å². The zero-order valence-electron chi connectivity index (χ0n) is 17.0. The van der Waals surface area contributed by atoms with Crippen LogP contribution in [-0.2, 0) is 13.4 Å². The molecule has 0 N–H and O–H groups in total. The SMILES string of the molecule is [2H]C([2H])(c1ccc(-c2c(C)ccc3oc4cnccc4c23)[n+](C)c1)C(C)C. The van der Waals surface area contributed by atoms with Gasteiger partial charge in [0.2, 0.25) is 5.69 Å². The first-order chi connectivity index (χ1) is 12.8. The van der Waals surface area contributed by atoms with E-state index < -0.39 is 6.37 Å². The Morgan fingerprint density at radius 2 is 2.00 bits per heavy atom. The molecule has 1 aromatic carbocycles. The van der Waals surface area contributed by atoms with Gasteiger partial charge in [-0.3, -0.25) is 4.98 Å². The van der Waals surface area contributed by atoms with Crippen LogP contribution in [0.4, 0.5) is 0 Å². The summed E-state index contributed by atoms with van der Waals surface area (Å²) in [7, 11) is 1.97. The van der Waals surface area contributed by atoms with E-state index in [1.54, 1.807) is 12.4 Å². The highest BCUT2D eigenvalue weighted by molar-refractivity contribution is 6.12. The third-order valence-electron chi connectivity index (χ3n) is 4.49. The summed E-state index contributed by atoms with van der Waals surface area (Å²) >= 11 is 0. The number of benzene rings is 1. The molecule has 4 rings (SSSR count). The largest absolute Gasteiger partial charge is 0.454 e. The van der Waals surface area contributed by atoms with E-state index in [4.69, 9.17) is 7.16 Å². The number of rotatable bonds is 3. The summed E-state index contributed by atoms with van der Waals surface area (Å²) in [6.07, 6.45) is 4.06. The average Bonchev–Trinajstić information content (AvgIpc) is 3.01. The van der Waals surface area contributed by atoms with Crippen molar-refractivity contribution in [1.82, 2.24) is 4.98 Å². The maximum absolute atomic E-state index is 8.38. The van der Waals surface area contributed by atoms with E-state index in [9.17, 15) is 0 Å². The Bertz CT molecular complexity index is 1160. The summed E-state index contributed by atoms with van der Waals surface area (Å²) in [5, 5.41) is 2.11. The first kappa shape index (κ1) is 13.6. The van der Waals surface area contributed by atoms with E-state index in [2.05, 4.69) is 18.0 Å². The van der Waals surface area contributed by atoms with E-state index in [0.717, 1.165) is 38.8 Å². The van der Waals surface area contributed by atoms with E-state index >= 15 is 0 Å². The Morgan fingerprint density at radius 1 is 1.16 bits per heavy atom. The summed E-state index contributed by atoms with van der Waals surface area (Å²) in [5.74, 6) is -0.0983. The van der Waals surface area contributed by atoms with Crippen molar-refractivity contribution in [2.45, 2.75) is 27.1 Å². The molecule has 0 spiro atoms. The van der Waals surface area contributed by atoms with Gasteiger partial charge in [-0.15, -0.1) is 0 Å². The fraction of sp³-hybridized carbons (Fsp3) is 0.273. The maximum Gasteiger partial charge on any atom is 0.213 e. The van der Waals surface area contributed by atoms with Crippen LogP contribution in [0.1, 0.15) is 27.7 Å². The fourth-order valence-corrected chi connectivity index (χ4v) is 3.44. The van der Waals surface area contributed by atoms with Gasteiger partial charge >= 0.3 is 0 Å². The summed E-state index contributed by atoms with van der Waals surface area (Å²) in [5.41, 5.74) is 5.58. The molecule has 4 aromatic rings. The highest BCUT2D eigenvalue weighted by atomic mass is 16.3. The monoisotopic (exact) mass is 333 g/mol. The molecule has 0 aliphatic heterocycles. The molecule has 126 valence electrons. The zero-order chi connectivity index (χ0) is 19.3. The molecule has 0 saturated heterocycles. The third kappa shape index (κ3) is 2.70. The number of aromatic nitrogens is 2. The molecule has 0 amide bonds. The second kappa shape index (κ2) is 5.99. The molecular formula is C22H23N2O+. The standard InChI is InChI=1S/C22H23N2O/c1-14(2)11-16-6-7-18(24(4)13-16)21-15(3)5-8-19-22(21)17-9-10-23-12-20(17)25-19/h5-10,12-14H,11H2,1-4H3/q+1/i11D2. The Hall–Kier alpha value is -2.68. The van der Waals surface area contributed by atoms with Crippen molar-refractivity contribution in [3.63, 3.8) is 0 Å². The van der Waals surface area contributed by atoms with Gasteiger partial charge in [-0.2, -0.15) is 0 Å². The Balaban J connectivity index is 1.99. The second-order valence-electron chi connectivity index (χ2n) is 6.82. The van der Waals surface area contributed by atoms with Crippen LogP contribution in [0.2, 0.25) is 0 Å². The number of fused-ring (bicyclic) bond motifs is 3. The fourth-order valence-electron chi connectivity index (χ4n) is 3.44. The van der Waals surface area contributed by atoms with Gasteiger partial charge in [0.05, 0.1) is 11.8 Å². The Morgan fingerprint density at radius 3 is 2.76 bits per heavy atom. The minimum Gasteiger partial charge on any atom is -0.454 e. The van der Waals surface area contributed by atoms with Gasteiger partial charge in [-0.25, -0.2) is 4.57 Å². The summed E-state index contributed by atoms with van der Waals surface area (Å²) in [6.45, 7) is 5.91. The predicted octanol–water partition coefficient (Wildman–Crippen LogP) is 4.98. The molecule has 3 aromatic heterocycles. The zero-order valence-corrected chi connectivity index (χ0v) is 15.0. The molecule has 0 saturated carbocycles. The third-order valence-corrected chi connectivity index (χ3v) is 4.49. The van der Waals surface area contributed by atoms with Crippen LogP contribution >= 0.6 is 0 Å². The van der Waals surface area contributed by atoms with E-state index in [1.807, 2.05) is 55.9 Å². The highest BCUT2D eigenvalue weighted by Crippen LogP contribution is 2.37. The molecule has 3 heterocycles. The molecule has 25 heavy (non-hydrogen) atoms. The molecule has 0 radical (unpaired) electrons. The van der Waals surface area contributed by atoms with E-state index in [1.165, 1.54) is 0 Å². The van der Waals surface area contributed by atoms with Gasteiger partial charge in [-0.05, 0) is 43.0 Å². The van der Waals surface area contributed by atoms with Crippen molar-refractivity contribution in [3.05, 3.63) is 60.0 Å². The van der Waals surface area contributed by atoms with Crippen molar-refractivity contribution >= 4 is 21.9 Å². The number of pyridine rings is 2. The molecule has 0 fully saturated rings. The Kier molecular flexibility index (Phi) is 3.26. The van der Waals surface area contributed by atoms with Crippen LogP contribution in [0, 0.1) is 12.8 Å². The van der Waals surface area contributed by atoms with Gasteiger partial charge < -0.3 is 4.42 Å². The summed E-state index contributed by atoms with van der Waals surface area (Å²) in [4.78, 5) is 4.16. The molecule has 0 aliphatic rings. The van der Waals surface area contributed by atoms with Crippen LogP contribution < -0.4 is 4.57 Å². The number of nitrogens with zero attached hydrogens (tertiary/aromatic N) is 2. The minimum absolute atomic E-state index is 0.0983. The van der Waals surface area contributed by atoms with E-state index in [-0.39, 0.29) is 5.92 Å². The van der Waals surface area contributed by atoms with Gasteiger partial charge in [0, 0.05) is 31.3 Å². The van der Waals surface area contributed by atoms with Crippen LogP contribution in [-0.4, -0.2) is 4.98 Å². The van der Waals surface area contributed by atoms with Crippen LogP contribution in [0.5, 0.6) is 0 Å². The summed E-state index contributed by atoms with van der Waals surface area (Å²) < 4.78 is 24.8. The van der Waals surface area contributed by atoms with Crippen molar-refractivity contribution in [2.24, 2.45) is 13.0 Å². The lowest BCUT2D eigenvalue weighted by Gasteiger charge is -2.09. The number of hydrogen-bond acceptors (Lipinski definition) is 2. The molecule has 0 aliphatic carbocycles. The minimum atomic E-state index is -1.37. The normalized spacial score (nSPS) is 13.5.